The minimum atomic E-state index is -1.64. The fraction of sp³-hybridized carbons (Fsp3) is 0.353. The fourth-order valence-corrected chi connectivity index (χ4v) is 3.07. The molecule has 0 saturated heterocycles. The first-order valence-electron chi connectivity index (χ1n) is 7.62. The molecule has 2 atom stereocenters. The minimum absolute atomic E-state index is 0.0663. The lowest BCUT2D eigenvalue weighted by Crippen LogP contribution is -2.52. The molecule has 3 N–H and O–H groups in total. The lowest BCUT2D eigenvalue weighted by molar-refractivity contribution is -0.132. The Hall–Kier alpha value is -2.34. The summed E-state index contributed by atoms with van der Waals surface area (Å²) in [5, 5.41) is 15.3. The van der Waals surface area contributed by atoms with Crippen LogP contribution in [0.3, 0.4) is 0 Å². The van der Waals surface area contributed by atoms with Crippen molar-refractivity contribution in [1.29, 1.82) is 0 Å². The molecule has 6 nitrogen and oxygen atoms in total. The third-order valence-electron chi connectivity index (χ3n) is 4.66. The van der Waals surface area contributed by atoms with Crippen LogP contribution in [0.25, 0.3) is 6.08 Å². The topological polar surface area (TPSA) is 90.8 Å². The molecule has 24 heavy (non-hydrogen) atoms. The molecule has 2 heterocycles. The van der Waals surface area contributed by atoms with Crippen LogP contribution in [0.2, 0.25) is 0 Å². The zero-order valence-corrected chi connectivity index (χ0v) is 14.3. The van der Waals surface area contributed by atoms with Crippen molar-refractivity contribution in [3.8, 4) is 0 Å². The molecule has 2 unspecified atom stereocenters. The molecule has 7 heteroatoms. The van der Waals surface area contributed by atoms with Crippen molar-refractivity contribution in [2.45, 2.75) is 31.3 Å². The van der Waals surface area contributed by atoms with Crippen LogP contribution in [-0.4, -0.2) is 33.4 Å². The van der Waals surface area contributed by atoms with Crippen molar-refractivity contribution in [2.75, 3.05) is 5.32 Å². The smallest absolute Gasteiger partial charge is 0.335 e. The van der Waals surface area contributed by atoms with Gasteiger partial charge in [-0.1, -0.05) is 43.6 Å². The number of nitrogens with zero attached hydrogens (tertiary/aromatic N) is 1. The number of hydrogen-bond donors (Lipinski definition) is 3. The van der Waals surface area contributed by atoms with Crippen molar-refractivity contribution < 1.29 is 14.7 Å². The van der Waals surface area contributed by atoms with E-state index >= 15 is 0 Å². The van der Waals surface area contributed by atoms with Crippen LogP contribution >= 0.6 is 11.6 Å². The number of carboxylic acids is 1. The quantitative estimate of drug-likeness (QED) is 0.578. The van der Waals surface area contributed by atoms with E-state index in [0.717, 1.165) is 0 Å². The lowest BCUT2D eigenvalue weighted by atomic mass is 9.89. The van der Waals surface area contributed by atoms with Gasteiger partial charge in [-0.25, -0.2) is 4.79 Å². The molecule has 0 aliphatic carbocycles. The number of aliphatic imine (C=N–C) groups is 1. The number of para-hydroxylation sites is 1. The Labute approximate surface area is 144 Å². The highest BCUT2D eigenvalue weighted by Crippen LogP contribution is 2.39. The van der Waals surface area contributed by atoms with E-state index < -0.39 is 16.5 Å². The van der Waals surface area contributed by atoms with Gasteiger partial charge in [-0.15, -0.1) is 0 Å². The third kappa shape index (κ3) is 2.29. The second-order valence-corrected chi connectivity index (χ2v) is 7.02. The molecule has 1 amide bonds. The lowest BCUT2D eigenvalue weighted by Gasteiger charge is -2.33. The van der Waals surface area contributed by atoms with Gasteiger partial charge in [0.1, 0.15) is 5.54 Å². The van der Waals surface area contributed by atoms with Gasteiger partial charge in [0, 0.05) is 5.69 Å². The summed E-state index contributed by atoms with van der Waals surface area (Å²) in [5.41, 5.74) is 0.310. The summed E-state index contributed by atoms with van der Waals surface area (Å²) in [6.45, 7) is 5.47. The molecular weight excluding hydrogens is 330 g/mol. The van der Waals surface area contributed by atoms with Crippen LogP contribution in [0, 0.1) is 5.92 Å². The monoisotopic (exact) mass is 347 g/mol. The summed E-state index contributed by atoms with van der Waals surface area (Å²) >= 11 is 6.66. The normalized spacial score (nSPS) is 28.6. The number of aliphatic carboxylic acids is 1. The first-order valence-corrected chi connectivity index (χ1v) is 7.99. The average Bonchev–Trinajstić information content (AvgIpc) is 2.84. The van der Waals surface area contributed by atoms with Crippen LogP contribution in [0.5, 0.6) is 0 Å². The van der Waals surface area contributed by atoms with Gasteiger partial charge in [-0.3, -0.25) is 9.79 Å². The minimum Gasteiger partial charge on any atom is -0.478 e. The Morgan fingerprint density at radius 1 is 1.33 bits per heavy atom. The molecule has 1 aromatic rings. The van der Waals surface area contributed by atoms with Gasteiger partial charge in [0.2, 0.25) is 5.00 Å². The summed E-state index contributed by atoms with van der Waals surface area (Å²) in [5.74, 6) is -1.43. The van der Waals surface area contributed by atoms with E-state index in [4.69, 9.17) is 11.6 Å². The Morgan fingerprint density at radius 2 is 2.00 bits per heavy atom. The van der Waals surface area contributed by atoms with Crippen molar-refractivity contribution in [2.24, 2.45) is 10.9 Å². The van der Waals surface area contributed by atoms with Gasteiger partial charge in [-0.05, 0) is 30.5 Å². The maximum absolute atomic E-state index is 12.4. The number of fused-ring (bicyclic) bond motifs is 1. The summed E-state index contributed by atoms with van der Waals surface area (Å²) in [7, 11) is 0. The summed E-state index contributed by atoms with van der Waals surface area (Å²) < 4.78 is 0. The molecule has 0 saturated carbocycles. The average molecular weight is 348 g/mol. The van der Waals surface area contributed by atoms with Crippen LogP contribution in [0.4, 0.5) is 5.69 Å². The number of anilines is 1. The van der Waals surface area contributed by atoms with Gasteiger partial charge in [0.25, 0.3) is 5.91 Å². The molecule has 1 aromatic carbocycles. The standard InChI is InChI=1S/C17H18ClN3O3/c1-9(2)16(3)15(24)19-14(21-16)17(18)11(13(22)23)8-10-6-4-5-7-12(10)20-17/h4-9,20H,1-3H3,(H,22,23)(H,19,21,24). The van der Waals surface area contributed by atoms with E-state index in [1.807, 2.05) is 26.0 Å². The number of benzene rings is 1. The largest absolute Gasteiger partial charge is 0.478 e. The molecule has 126 valence electrons. The fourth-order valence-electron chi connectivity index (χ4n) is 2.74. The number of amidine groups is 1. The molecule has 0 radical (unpaired) electrons. The number of carbonyl (C=O) groups is 2. The van der Waals surface area contributed by atoms with E-state index in [-0.39, 0.29) is 23.2 Å². The van der Waals surface area contributed by atoms with E-state index in [2.05, 4.69) is 15.6 Å². The number of amides is 1. The van der Waals surface area contributed by atoms with Crippen LogP contribution in [-0.2, 0) is 9.59 Å². The number of carbonyl (C=O) groups excluding carboxylic acids is 1. The third-order valence-corrected chi connectivity index (χ3v) is 5.13. The van der Waals surface area contributed by atoms with Crippen LogP contribution < -0.4 is 10.6 Å². The molecule has 0 fully saturated rings. The maximum atomic E-state index is 12.4. The molecule has 0 aromatic heterocycles. The molecule has 2 aliphatic rings. The zero-order chi connectivity index (χ0) is 17.7. The highest BCUT2D eigenvalue weighted by molar-refractivity contribution is 6.44. The van der Waals surface area contributed by atoms with E-state index in [0.29, 0.717) is 11.3 Å². The van der Waals surface area contributed by atoms with Crippen molar-refractivity contribution in [1.82, 2.24) is 5.32 Å². The molecule has 0 bridgehead atoms. The maximum Gasteiger partial charge on any atom is 0.335 e. The van der Waals surface area contributed by atoms with E-state index in [1.165, 1.54) is 6.08 Å². The Balaban J connectivity index is 2.13. The van der Waals surface area contributed by atoms with Crippen LogP contribution in [0.1, 0.15) is 26.3 Å². The first kappa shape index (κ1) is 16.5. The number of nitrogens with one attached hydrogen (secondary N) is 2. The number of carboxylic acid groups (broad SMARTS) is 1. The van der Waals surface area contributed by atoms with E-state index in [9.17, 15) is 14.7 Å². The first-order chi connectivity index (χ1) is 11.2. The Bertz CT molecular complexity index is 802. The van der Waals surface area contributed by atoms with Gasteiger partial charge < -0.3 is 15.7 Å². The predicted octanol–water partition coefficient (Wildman–Crippen LogP) is 2.46. The molecule has 3 rings (SSSR count). The highest BCUT2D eigenvalue weighted by atomic mass is 35.5. The van der Waals surface area contributed by atoms with Crippen molar-refractivity contribution in [3.63, 3.8) is 0 Å². The van der Waals surface area contributed by atoms with Gasteiger partial charge in [0.05, 0.1) is 5.57 Å². The molecule has 2 aliphatic heterocycles. The summed E-state index contributed by atoms with van der Waals surface area (Å²) in [6, 6.07) is 7.20. The van der Waals surface area contributed by atoms with Gasteiger partial charge in [-0.2, -0.15) is 0 Å². The predicted molar refractivity (Wildman–Crippen MR) is 93.1 cm³/mol. The highest BCUT2D eigenvalue weighted by Gasteiger charge is 2.52. The van der Waals surface area contributed by atoms with Gasteiger partial charge >= 0.3 is 5.97 Å². The van der Waals surface area contributed by atoms with E-state index in [1.54, 1.807) is 19.1 Å². The number of halogens is 1. The molecular formula is C17H18ClN3O3. The summed E-state index contributed by atoms with van der Waals surface area (Å²) in [4.78, 5) is 27.0. The molecule has 0 spiro atoms. The second kappa shape index (κ2) is 5.34. The Kier molecular flexibility index (Phi) is 3.68. The second-order valence-electron chi connectivity index (χ2n) is 6.45. The van der Waals surface area contributed by atoms with Gasteiger partial charge in [0.15, 0.2) is 5.84 Å². The summed E-state index contributed by atoms with van der Waals surface area (Å²) in [6.07, 6.45) is 1.50. The Morgan fingerprint density at radius 3 is 2.58 bits per heavy atom. The zero-order valence-electron chi connectivity index (χ0n) is 13.6. The number of alkyl halides is 1. The number of rotatable bonds is 3. The van der Waals surface area contributed by atoms with Crippen molar-refractivity contribution >= 4 is 41.1 Å². The van der Waals surface area contributed by atoms with Crippen LogP contribution in [0.15, 0.2) is 34.8 Å². The number of hydrogen-bond acceptors (Lipinski definition) is 4. The SMILES string of the molecule is CC(C)C1(C)N=C(C2(Cl)Nc3ccccc3C=C2C(=O)O)NC1=O. The van der Waals surface area contributed by atoms with Crippen molar-refractivity contribution in [3.05, 3.63) is 35.4 Å².